The highest BCUT2D eigenvalue weighted by Crippen LogP contribution is 2.67. The van der Waals surface area contributed by atoms with Crippen LogP contribution in [0.2, 0.25) is 0 Å². The zero-order valence-corrected chi connectivity index (χ0v) is 35.8. The Bertz CT molecular complexity index is 1550. The van der Waals surface area contributed by atoms with Gasteiger partial charge in [-0.25, -0.2) is 4.79 Å². The highest BCUT2D eigenvalue weighted by Gasteiger charge is 2.72. The van der Waals surface area contributed by atoms with E-state index in [-0.39, 0.29) is 46.6 Å². The van der Waals surface area contributed by atoms with Gasteiger partial charge in [-0.15, -0.1) is 11.8 Å². The summed E-state index contributed by atoms with van der Waals surface area (Å²) in [6, 6.07) is 0. The molecule has 0 radical (unpaired) electrons. The molecule has 0 aromatic rings. The van der Waals surface area contributed by atoms with Crippen molar-refractivity contribution in [3.63, 3.8) is 0 Å². The standard InChI is InChI=1S/C44H68O13S/c1-24(32-23-41(6)38(58-41)44(55-32)33(46)12-11-29(54-44)22-40(5,50)39(48)49)9-10-28-14-18-43(53-28)19-15-31-37(57-43)34(47)27(4)36(52-31)30(45)21-26(3)35-25(2)13-17-42(56-35)16-7-8-20-51-42/h9-10,24-26,28-38,45-47,50H,4,7-8,11-23H2,1-3,5-6H3,(H,48,49). The molecule has 328 valence electrons. The average Bonchev–Trinajstić information content (AvgIpc) is 3.74. The van der Waals surface area contributed by atoms with Crippen molar-refractivity contribution in [2.24, 2.45) is 17.8 Å². The normalized spacial score (nSPS) is 49.3. The molecule has 8 saturated heterocycles. The van der Waals surface area contributed by atoms with Gasteiger partial charge in [0.05, 0.1) is 48.5 Å². The monoisotopic (exact) mass is 836 g/mol. The van der Waals surface area contributed by atoms with Crippen molar-refractivity contribution in [3.8, 4) is 0 Å². The molecule has 3 spiro atoms. The second kappa shape index (κ2) is 16.2. The summed E-state index contributed by atoms with van der Waals surface area (Å²) in [6.45, 7) is 14.8. The van der Waals surface area contributed by atoms with Crippen LogP contribution in [0.15, 0.2) is 24.3 Å². The van der Waals surface area contributed by atoms with Crippen LogP contribution < -0.4 is 0 Å². The van der Waals surface area contributed by atoms with Gasteiger partial charge in [-0.2, -0.15) is 0 Å². The third kappa shape index (κ3) is 8.25. The van der Waals surface area contributed by atoms with Gasteiger partial charge in [0.2, 0.25) is 5.79 Å². The molecule has 0 aromatic carbocycles. The van der Waals surface area contributed by atoms with E-state index in [2.05, 4.69) is 46.4 Å². The Labute approximate surface area is 347 Å². The Morgan fingerprint density at radius 3 is 2.50 bits per heavy atom. The van der Waals surface area contributed by atoms with Crippen LogP contribution in [0.3, 0.4) is 0 Å². The topological polar surface area (TPSA) is 183 Å². The third-order valence-electron chi connectivity index (χ3n) is 14.9. The van der Waals surface area contributed by atoms with Crippen LogP contribution in [0.25, 0.3) is 0 Å². The molecule has 5 N–H and O–H groups in total. The summed E-state index contributed by atoms with van der Waals surface area (Å²) in [7, 11) is 0. The van der Waals surface area contributed by atoms with Crippen LogP contribution in [0.5, 0.6) is 0 Å². The van der Waals surface area contributed by atoms with E-state index >= 15 is 0 Å². The minimum atomic E-state index is -1.95. The lowest BCUT2D eigenvalue weighted by Crippen LogP contribution is -2.63. The van der Waals surface area contributed by atoms with Crippen LogP contribution in [0, 0.1) is 17.8 Å². The summed E-state index contributed by atoms with van der Waals surface area (Å²) >= 11 is 1.72. The summed E-state index contributed by atoms with van der Waals surface area (Å²) in [6.07, 6.45) is 8.13. The molecule has 58 heavy (non-hydrogen) atoms. The highest BCUT2D eigenvalue weighted by atomic mass is 32.2. The van der Waals surface area contributed by atoms with E-state index in [1.807, 2.05) is 0 Å². The molecule has 8 aliphatic rings. The summed E-state index contributed by atoms with van der Waals surface area (Å²) in [4.78, 5) is 11.7. The number of aliphatic hydroxyl groups is 4. The van der Waals surface area contributed by atoms with E-state index in [0.29, 0.717) is 50.0 Å². The van der Waals surface area contributed by atoms with Crippen LogP contribution in [0.4, 0.5) is 0 Å². The van der Waals surface area contributed by atoms with Crippen molar-refractivity contribution in [2.75, 3.05) is 6.61 Å². The molecule has 13 nitrogen and oxygen atoms in total. The molecule has 8 rings (SSSR count). The molecule has 0 aliphatic carbocycles. The van der Waals surface area contributed by atoms with Crippen molar-refractivity contribution in [2.45, 2.75) is 219 Å². The van der Waals surface area contributed by atoms with Gasteiger partial charge in [-0.05, 0) is 89.0 Å². The average molecular weight is 837 g/mol. The first-order valence-electron chi connectivity index (χ1n) is 22.1. The van der Waals surface area contributed by atoms with Crippen molar-refractivity contribution >= 4 is 17.7 Å². The van der Waals surface area contributed by atoms with Crippen LogP contribution in [0.1, 0.15) is 125 Å². The number of hydrogen-bond donors (Lipinski definition) is 5. The molecule has 8 heterocycles. The van der Waals surface area contributed by atoms with Gasteiger partial charge in [-0.1, -0.05) is 39.5 Å². The first-order chi connectivity index (χ1) is 27.4. The number of hydrogen-bond acceptors (Lipinski definition) is 13. The van der Waals surface area contributed by atoms with Crippen molar-refractivity contribution < 1.29 is 63.5 Å². The highest BCUT2D eigenvalue weighted by molar-refractivity contribution is 8.08. The Morgan fingerprint density at radius 2 is 1.76 bits per heavy atom. The van der Waals surface area contributed by atoms with Crippen LogP contribution in [-0.4, -0.2) is 132 Å². The van der Waals surface area contributed by atoms with Crippen molar-refractivity contribution in [1.82, 2.24) is 0 Å². The van der Waals surface area contributed by atoms with Gasteiger partial charge in [0.25, 0.3) is 0 Å². The van der Waals surface area contributed by atoms with Crippen LogP contribution in [-0.2, 0) is 38.0 Å². The van der Waals surface area contributed by atoms with Gasteiger partial charge in [0, 0.05) is 42.8 Å². The fourth-order valence-electron chi connectivity index (χ4n) is 11.3. The molecule has 19 atom stereocenters. The largest absolute Gasteiger partial charge is 0.479 e. The van der Waals surface area contributed by atoms with Gasteiger partial charge in [0.15, 0.2) is 17.2 Å². The summed E-state index contributed by atoms with van der Waals surface area (Å²) < 4.78 is 45.6. The quantitative estimate of drug-likeness (QED) is 0.144. The smallest absolute Gasteiger partial charge is 0.335 e. The van der Waals surface area contributed by atoms with E-state index < -0.39 is 71.7 Å². The lowest BCUT2D eigenvalue weighted by Gasteiger charge is -2.50. The molecular formula is C44H68O13S. The Kier molecular flexibility index (Phi) is 12.2. The maximum Gasteiger partial charge on any atom is 0.335 e. The number of aliphatic carboxylic acids is 1. The molecule has 14 heteroatoms. The Hall–Kier alpha value is -1.14. The first kappa shape index (κ1) is 43.5. The second-order valence-corrected chi connectivity index (χ2v) is 21.3. The molecule has 0 aromatic heterocycles. The van der Waals surface area contributed by atoms with Gasteiger partial charge in [0.1, 0.15) is 24.4 Å². The number of aliphatic hydroxyl groups excluding tert-OH is 3. The lowest BCUT2D eigenvalue weighted by molar-refractivity contribution is -0.350. The fraction of sp³-hybridized carbons (Fsp3) is 0.886. The van der Waals surface area contributed by atoms with E-state index in [1.54, 1.807) is 11.8 Å². The van der Waals surface area contributed by atoms with E-state index in [0.717, 1.165) is 51.6 Å². The lowest BCUT2D eigenvalue weighted by atomic mass is 9.79. The van der Waals surface area contributed by atoms with E-state index in [9.17, 15) is 30.3 Å². The Morgan fingerprint density at radius 1 is 1.00 bits per heavy atom. The Balaban J connectivity index is 0.852. The molecule has 8 fully saturated rings. The number of carbonyl (C=O) groups is 1. The number of thioether (sulfide) groups is 1. The first-order valence-corrected chi connectivity index (χ1v) is 23.0. The summed E-state index contributed by atoms with van der Waals surface area (Å²) in [5.41, 5.74) is -1.52. The number of ether oxygens (including phenoxy) is 7. The second-order valence-electron chi connectivity index (χ2n) is 19.7. The molecule has 8 aliphatic heterocycles. The van der Waals surface area contributed by atoms with Gasteiger partial charge >= 0.3 is 5.97 Å². The maximum absolute atomic E-state index is 11.7. The third-order valence-corrected chi connectivity index (χ3v) is 16.7. The SMILES string of the molecule is C=C1C(O)C2OC3(CCC(C=CC(C)C4CC5(C)SC5C5(OC(CC(C)(O)C(=O)O)CCC5O)O4)O3)CCC2OC1C(O)CC(C)C1OC2(CCCCO2)CCC1C. The zero-order valence-electron chi connectivity index (χ0n) is 35.0. The van der Waals surface area contributed by atoms with Crippen LogP contribution >= 0.6 is 11.8 Å². The number of carboxylic acids is 1. The number of fused-ring (bicyclic) bond motifs is 3. The predicted octanol–water partition coefficient (Wildman–Crippen LogP) is 5.14. The van der Waals surface area contributed by atoms with Crippen molar-refractivity contribution in [1.29, 1.82) is 0 Å². The molecule has 0 amide bonds. The molecule has 19 unspecified atom stereocenters. The molecule has 0 bridgehead atoms. The molecule has 0 saturated carbocycles. The summed E-state index contributed by atoms with van der Waals surface area (Å²) in [5.74, 6) is -3.61. The predicted molar refractivity (Wildman–Crippen MR) is 214 cm³/mol. The van der Waals surface area contributed by atoms with Crippen molar-refractivity contribution in [3.05, 3.63) is 24.3 Å². The fourth-order valence-corrected chi connectivity index (χ4v) is 12.7. The van der Waals surface area contributed by atoms with E-state index in [4.69, 9.17) is 33.2 Å². The minimum absolute atomic E-state index is 0.0406. The molecular weight excluding hydrogens is 769 g/mol. The van der Waals surface area contributed by atoms with Gasteiger partial charge < -0.3 is 58.7 Å². The zero-order chi connectivity index (χ0) is 41.4. The summed E-state index contributed by atoms with van der Waals surface area (Å²) in [5, 5.41) is 54.3. The van der Waals surface area contributed by atoms with E-state index in [1.165, 1.54) is 6.92 Å². The number of carboxylic acid groups (broad SMARTS) is 1. The van der Waals surface area contributed by atoms with Gasteiger partial charge in [-0.3, -0.25) is 0 Å². The maximum atomic E-state index is 11.7. The minimum Gasteiger partial charge on any atom is -0.479 e. The number of rotatable bonds is 10.